The summed E-state index contributed by atoms with van der Waals surface area (Å²) in [7, 11) is -1.92. The molecule has 1 rings (SSSR count). The Hall–Kier alpha value is -0.880. The van der Waals surface area contributed by atoms with Crippen LogP contribution in [0, 0.1) is 0 Å². The minimum absolute atomic E-state index is 0.199. The van der Waals surface area contributed by atoms with Gasteiger partial charge in [-0.2, -0.15) is 5.10 Å². The summed E-state index contributed by atoms with van der Waals surface area (Å²) in [6.07, 6.45) is 1.18. The lowest BCUT2D eigenvalue weighted by molar-refractivity contribution is 0.595. The van der Waals surface area contributed by atoms with Gasteiger partial charge in [-0.15, -0.1) is 0 Å². The Balaban J connectivity index is 3.52. The monoisotopic (exact) mass is 217 g/mol. The van der Waals surface area contributed by atoms with Crippen molar-refractivity contribution < 1.29 is 8.42 Å². The fourth-order valence-electron chi connectivity index (χ4n) is 1.55. The van der Waals surface area contributed by atoms with E-state index < -0.39 is 10.0 Å². The van der Waals surface area contributed by atoms with E-state index in [0.29, 0.717) is 24.2 Å². The van der Waals surface area contributed by atoms with Gasteiger partial charge in [0.2, 0.25) is 10.0 Å². The van der Waals surface area contributed by atoms with Crippen molar-refractivity contribution in [3.05, 3.63) is 11.4 Å². The number of sulfonamides is 1. The summed E-state index contributed by atoms with van der Waals surface area (Å²) in [5.74, 6) is 0. The molecule has 0 radical (unpaired) electrons. The normalized spacial score (nSPS) is 12.0. The van der Waals surface area contributed by atoms with Crippen LogP contribution in [0.1, 0.15) is 25.2 Å². The van der Waals surface area contributed by atoms with Gasteiger partial charge >= 0.3 is 0 Å². The highest BCUT2D eigenvalue weighted by molar-refractivity contribution is 7.89. The van der Waals surface area contributed by atoms with Gasteiger partial charge in [0.15, 0.2) is 0 Å². The molecule has 1 heterocycles. The van der Waals surface area contributed by atoms with Gasteiger partial charge < -0.3 is 0 Å². The highest BCUT2D eigenvalue weighted by Crippen LogP contribution is 2.19. The van der Waals surface area contributed by atoms with Crippen molar-refractivity contribution >= 4 is 10.0 Å². The van der Waals surface area contributed by atoms with Crippen LogP contribution in [0.4, 0.5) is 0 Å². The van der Waals surface area contributed by atoms with Crippen LogP contribution in [0.3, 0.4) is 0 Å². The molecular weight excluding hydrogens is 202 g/mol. The fourth-order valence-corrected chi connectivity index (χ4v) is 2.67. The summed E-state index contributed by atoms with van der Waals surface area (Å²) in [4.78, 5) is 0.199. The molecule has 0 saturated carbocycles. The van der Waals surface area contributed by atoms with Crippen molar-refractivity contribution in [1.29, 1.82) is 0 Å². The Labute approximate surface area is 84.0 Å². The number of aryl methyl sites for hydroxylation is 2. The summed E-state index contributed by atoms with van der Waals surface area (Å²) in [5, 5.41) is 9.27. The van der Waals surface area contributed by atoms with Crippen LogP contribution in [0.25, 0.3) is 0 Å². The zero-order chi connectivity index (χ0) is 10.9. The van der Waals surface area contributed by atoms with Crippen molar-refractivity contribution in [2.45, 2.75) is 31.6 Å². The van der Waals surface area contributed by atoms with Crippen LogP contribution < -0.4 is 5.14 Å². The van der Waals surface area contributed by atoms with Crippen LogP contribution in [-0.2, 0) is 29.9 Å². The van der Waals surface area contributed by atoms with E-state index >= 15 is 0 Å². The average Bonchev–Trinajstić information content (AvgIpc) is 2.40. The quantitative estimate of drug-likeness (QED) is 0.785. The SMILES string of the molecule is CCc1nn(C)c(CC)c1S(N)(=O)=O. The number of rotatable bonds is 3. The molecule has 0 atom stereocenters. The first-order valence-electron chi connectivity index (χ1n) is 4.49. The highest BCUT2D eigenvalue weighted by atomic mass is 32.2. The molecule has 0 aliphatic rings. The molecule has 0 saturated heterocycles. The Bertz CT molecular complexity index is 434. The van der Waals surface area contributed by atoms with E-state index in [9.17, 15) is 8.42 Å². The van der Waals surface area contributed by atoms with E-state index in [4.69, 9.17) is 5.14 Å². The van der Waals surface area contributed by atoms with Crippen LogP contribution in [0.2, 0.25) is 0 Å². The first kappa shape index (κ1) is 11.2. The van der Waals surface area contributed by atoms with E-state index in [2.05, 4.69) is 5.10 Å². The van der Waals surface area contributed by atoms with Crippen LogP contribution in [-0.4, -0.2) is 18.2 Å². The molecule has 80 valence electrons. The second-order valence-electron chi connectivity index (χ2n) is 3.10. The van der Waals surface area contributed by atoms with Crippen LogP contribution >= 0.6 is 0 Å². The van der Waals surface area contributed by atoms with E-state index in [0.717, 1.165) is 0 Å². The fraction of sp³-hybridized carbons (Fsp3) is 0.625. The van der Waals surface area contributed by atoms with Gasteiger partial charge in [0.05, 0.1) is 11.4 Å². The molecule has 1 aromatic rings. The van der Waals surface area contributed by atoms with E-state index in [-0.39, 0.29) is 4.90 Å². The average molecular weight is 217 g/mol. The zero-order valence-corrected chi connectivity index (χ0v) is 9.43. The third-order valence-electron chi connectivity index (χ3n) is 2.14. The topological polar surface area (TPSA) is 78.0 Å². The number of hydrogen-bond donors (Lipinski definition) is 1. The van der Waals surface area contributed by atoms with E-state index in [1.54, 1.807) is 11.7 Å². The van der Waals surface area contributed by atoms with Gasteiger partial charge in [-0.05, 0) is 12.8 Å². The van der Waals surface area contributed by atoms with Crippen LogP contribution in [0.15, 0.2) is 4.90 Å². The largest absolute Gasteiger partial charge is 0.271 e. The summed E-state index contributed by atoms with van der Waals surface area (Å²) in [5.41, 5.74) is 1.22. The number of hydrogen-bond acceptors (Lipinski definition) is 3. The van der Waals surface area contributed by atoms with Gasteiger partial charge in [0, 0.05) is 7.05 Å². The molecule has 0 aliphatic carbocycles. The maximum Gasteiger partial charge on any atom is 0.241 e. The third-order valence-corrected chi connectivity index (χ3v) is 3.18. The van der Waals surface area contributed by atoms with Crippen molar-refractivity contribution in [1.82, 2.24) is 9.78 Å². The third kappa shape index (κ3) is 1.80. The number of nitrogens with zero attached hydrogens (tertiary/aromatic N) is 2. The van der Waals surface area contributed by atoms with Crippen molar-refractivity contribution in [2.75, 3.05) is 0 Å². The first-order valence-corrected chi connectivity index (χ1v) is 6.04. The first-order chi connectivity index (χ1) is 6.41. The maximum atomic E-state index is 11.3. The van der Waals surface area contributed by atoms with Crippen molar-refractivity contribution in [2.24, 2.45) is 12.2 Å². The van der Waals surface area contributed by atoms with E-state index in [1.165, 1.54) is 0 Å². The summed E-state index contributed by atoms with van der Waals surface area (Å²) in [6.45, 7) is 3.74. The van der Waals surface area contributed by atoms with Gasteiger partial charge in [-0.25, -0.2) is 13.6 Å². The van der Waals surface area contributed by atoms with Gasteiger partial charge in [-0.1, -0.05) is 13.8 Å². The van der Waals surface area contributed by atoms with Gasteiger partial charge in [0.1, 0.15) is 4.90 Å². The Morgan fingerprint density at radius 3 is 2.29 bits per heavy atom. The minimum Gasteiger partial charge on any atom is -0.271 e. The molecule has 5 nitrogen and oxygen atoms in total. The smallest absolute Gasteiger partial charge is 0.241 e. The predicted octanol–water partition coefficient (Wildman–Crippen LogP) is 0.192. The summed E-state index contributed by atoms with van der Waals surface area (Å²) in [6, 6.07) is 0. The Morgan fingerprint density at radius 2 is 1.93 bits per heavy atom. The summed E-state index contributed by atoms with van der Waals surface area (Å²) >= 11 is 0. The molecule has 0 aliphatic heterocycles. The molecule has 0 unspecified atom stereocenters. The number of primary sulfonamides is 1. The van der Waals surface area contributed by atoms with Crippen molar-refractivity contribution in [3.8, 4) is 0 Å². The predicted molar refractivity (Wildman–Crippen MR) is 53.3 cm³/mol. The van der Waals surface area contributed by atoms with Crippen LogP contribution in [0.5, 0.6) is 0 Å². The number of nitrogens with two attached hydrogens (primary N) is 1. The standard InChI is InChI=1S/C8H15N3O2S/c1-4-6-8(14(9,12)13)7(5-2)11(3)10-6/h4-5H2,1-3H3,(H2,9,12,13). The highest BCUT2D eigenvalue weighted by Gasteiger charge is 2.22. The lowest BCUT2D eigenvalue weighted by atomic mass is 10.2. The van der Waals surface area contributed by atoms with Gasteiger partial charge in [0.25, 0.3) is 0 Å². The molecule has 14 heavy (non-hydrogen) atoms. The lowest BCUT2D eigenvalue weighted by Gasteiger charge is -2.01. The molecular formula is C8H15N3O2S. The zero-order valence-electron chi connectivity index (χ0n) is 8.61. The second-order valence-corrected chi connectivity index (χ2v) is 4.60. The number of aromatic nitrogens is 2. The van der Waals surface area contributed by atoms with Gasteiger partial charge in [-0.3, -0.25) is 4.68 Å². The molecule has 0 bridgehead atoms. The molecule has 0 amide bonds. The molecule has 0 spiro atoms. The Morgan fingerprint density at radius 1 is 1.36 bits per heavy atom. The maximum absolute atomic E-state index is 11.3. The molecule has 0 aromatic carbocycles. The minimum atomic E-state index is -3.65. The molecule has 1 aromatic heterocycles. The Kier molecular flexibility index (Phi) is 2.96. The summed E-state index contributed by atoms with van der Waals surface area (Å²) < 4.78 is 24.2. The van der Waals surface area contributed by atoms with Crippen molar-refractivity contribution in [3.63, 3.8) is 0 Å². The molecule has 2 N–H and O–H groups in total. The second kappa shape index (κ2) is 3.70. The van der Waals surface area contributed by atoms with E-state index in [1.807, 2.05) is 13.8 Å². The molecule has 0 fully saturated rings. The lowest BCUT2D eigenvalue weighted by Crippen LogP contribution is -2.15. The molecule has 6 heteroatoms.